The molecule has 5 nitrogen and oxygen atoms in total. The van der Waals surface area contributed by atoms with E-state index in [0.29, 0.717) is 10.2 Å². The number of fused-ring (bicyclic) bond motifs is 1. The van der Waals surface area contributed by atoms with E-state index in [2.05, 4.69) is 10.3 Å². The molecule has 1 aromatic carbocycles. The fourth-order valence-corrected chi connectivity index (χ4v) is 3.51. The molecule has 0 unspecified atom stereocenters. The van der Waals surface area contributed by atoms with Crippen molar-refractivity contribution in [2.75, 3.05) is 0 Å². The highest BCUT2D eigenvalue weighted by atomic mass is 32.1. The Hall–Kier alpha value is -2.47. The highest BCUT2D eigenvalue weighted by Gasteiger charge is 2.15. The quantitative estimate of drug-likeness (QED) is 0.763. The third kappa shape index (κ3) is 3.64. The number of carbonyl (C=O) groups is 1. The lowest BCUT2D eigenvalue weighted by Crippen LogP contribution is -2.37. The molecule has 0 aliphatic carbocycles. The van der Waals surface area contributed by atoms with Gasteiger partial charge in [0.25, 0.3) is 5.56 Å². The molecule has 0 bridgehead atoms. The van der Waals surface area contributed by atoms with E-state index in [1.165, 1.54) is 27.8 Å². The first-order chi connectivity index (χ1) is 12.0. The number of carbonyl (C=O) groups excluding carboxylic acids is 1. The Balaban J connectivity index is 1.99. The average Bonchev–Trinajstić information content (AvgIpc) is 3.02. The van der Waals surface area contributed by atoms with Gasteiger partial charge in [0, 0.05) is 17.0 Å². The Morgan fingerprint density at radius 3 is 2.72 bits per heavy atom. The second-order valence-corrected chi connectivity index (χ2v) is 7.11. The van der Waals surface area contributed by atoms with Crippen molar-refractivity contribution < 1.29 is 4.79 Å². The minimum atomic E-state index is -0.180. The minimum absolute atomic E-state index is 0.0186. The fourth-order valence-electron chi connectivity index (χ4n) is 2.60. The predicted molar refractivity (Wildman–Crippen MR) is 102 cm³/mol. The van der Waals surface area contributed by atoms with Gasteiger partial charge in [0.2, 0.25) is 5.91 Å². The van der Waals surface area contributed by atoms with Crippen LogP contribution in [-0.4, -0.2) is 21.5 Å². The van der Waals surface area contributed by atoms with Crippen molar-refractivity contribution in [3.63, 3.8) is 0 Å². The van der Waals surface area contributed by atoms with Crippen molar-refractivity contribution in [3.05, 3.63) is 51.9 Å². The van der Waals surface area contributed by atoms with E-state index in [-0.39, 0.29) is 24.1 Å². The maximum atomic E-state index is 12.9. The maximum Gasteiger partial charge on any atom is 0.263 e. The van der Waals surface area contributed by atoms with Gasteiger partial charge in [0.15, 0.2) is 0 Å². The number of amides is 1. The van der Waals surface area contributed by atoms with Gasteiger partial charge >= 0.3 is 0 Å². The largest absolute Gasteiger partial charge is 0.352 e. The molecular formula is C19H21N3O2S. The summed E-state index contributed by atoms with van der Waals surface area (Å²) in [6.07, 6.45) is 2.30. The topological polar surface area (TPSA) is 64.0 Å². The number of rotatable bonds is 5. The molecule has 3 aromatic rings. The Bertz CT molecular complexity index is 957. The van der Waals surface area contributed by atoms with Gasteiger partial charge < -0.3 is 5.32 Å². The molecule has 0 saturated heterocycles. The maximum absolute atomic E-state index is 12.9. The van der Waals surface area contributed by atoms with Crippen LogP contribution in [0.4, 0.5) is 0 Å². The summed E-state index contributed by atoms with van der Waals surface area (Å²) in [7, 11) is 0. The number of benzene rings is 1. The van der Waals surface area contributed by atoms with Crippen molar-refractivity contribution in [2.45, 2.75) is 39.8 Å². The van der Waals surface area contributed by atoms with E-state index >= 15 is 0 Å². The van der Waals surface area contributed by atoms with Crippen molar-refractivity contribution in [1.29, 1.82) is 0 Å². The van der Waals surface area contributed by atoms with Crippen LogP contribution in [0, 0.1) is 6.92 Å². The number of aromatic nitrogens is 2. The van der Waals surface area contributed by atoms with Crippen LogP contribution in [0.1, 0.15) is 25.8 Å². The second kappa shape index (κ2) is 7.19. The van der Waals surface area contributed by atoms with Crippen molar-refractivity contribution in [2.24, 2.45) is 0 Å². The monoisotopic (exact) mass is 355 g/mol. The summed E-state index contributed by atoms with van der Waals surface area (Å²) in [4.78, 5) is 30.0. The fraction of sp³-hybridized carbons (Fsp3) is 0.316. The molecule has 25 heavy (non-hydrogen) atoms. The zero-order valence-electron chi connectivity index (χ0n) is 14.6. The van der Waals surface area contributed by atoms with Gasteiger partial charge in [-0.3, -0.25) is 14.2 Å². The van der Waals surface area contributed by atoms with Crippen LogP contribution in [-0.2, 0) is 11.3 Å². The van der Waals surface area contributed by atoms with Crippen LogP contribution in [0.5, 0.6) is 0 Å². The summed E-state index contributed by atoms with van der Waals surface area (Å²) >= 11 is 1.44. The van der Waals surface area contributed by atoms with Gasteiger partial charge in [-0.25, -0.2) is 4.98 Å². The molecule has 0 fully saturated rings. The van der Waals surface area contributed by atoms with E-state index in [9.17, 15) is 9.59 Å². The van der Waals surface area contributed by atoms with E-state index in [1.54, 1.807) is 0 Å². The van der Waals surface area contributed by atoms with Crippen LogP contribution >= 0.6 is 11.3 Å². The first kappa shape index (κ1) is 17.4. The van der Waals surface area contributed by atoms with Crippen molar-refractivity contribution >= 4 is 27.5 Å². The van der Waals surface area contributed by atoms with Gasteiger partial charge in [0.1, 0.15) is 11.4 Å². The third-order valence-electron chi connectivity index (χ3n) is 4.26. The number of nitrogens with zero attached hydrogens (tertiary/aromatic N) is 2. The Kier molecular flexibility index (Phi) is 4.99. The smallest absolute Gasteiger partial charge is 0.263 e. The van der Waals surface area contributed by atoms with E-state index in [0.717, 1.165) is 17.5 Å². The molecule has 0 aliphatic heterocycles. The van der Waals surface area contributed by atoms with Crippen LogP contribution < -0.4 is 10.9 Å². The first-order valence-electron chi connectivity index (χ1n) is 8.32. The molecule has 0 aliphatic rings. The standard InChI is InChI=1S/C19H21N3O2S/c1-4-13(3)21-16(23)9-22-11-20-18-17(19(22)24)15(10-25-18)14-7-5-12(2)6-8-14/h5-8,10-11,13H,4,9H2,1-3H3,(H,21,23)/t13-/m0/s1. The van der Waals surface area contributed by atoms with Crippen LogP contribution in [0.2, 0.25) is 0 Å². The summed E-state index contributed by atoms with van der Waals surface area (Å²) in [6.45, 7) is 5.95. The van der Waals surface area contributed by atoms with E-state index in [4.69, 9.17) is 0 Å². The Morgan fingerprint density at radius 2 is 2.04 bits per heavy atom. The van der Waals surface area contributed by atoms with Gasteiger partial charge in [-0.05, 0) is 25.8 Å². The molecule has 1 amide bonds. The molecule has 1 N–H and O–H groups in total. The van der Waals surface area contributed by atoms with Crippen molar-refractivity contribution in [1.82, 2.24) is 14.9 Å². The second-order valence-electron chi connectivity index (χ2n) is 6.25. The number of hydrogen-bond donors (Lipinski definition) is 1. The number of nitrogens with one attached hydrogen (secondary N) is 1. The zero-order chi connectivity index (χ0) is 18.0. The van der Waals surface area contributed by atoms with Gasteiger partial charge in [-0.2, -0.15) is 0 Å². The SMILES string of the molecule is CC[C@H](C)NC(=O)Cn1cnc2scc(-c3ccc(C)cc3)c2c1=O. The molecule has 0 radical (unpaired) electrons. The molecule has 2 aromatic heterocycles. The molecule has 2 heterocycles. The number of hydrogen-bond acceptors (Lipinski definition) is 4. The van der Waals surface area contributed by atoms with E-state index in [1.807, 2.05) is 50.4 Å². The molecule has 1 atom stereocenters. The van der Waals surface area contributed by atoms with Crippen molar-refractivity contribution in [3.8, 4) is 11.1 Å². The molecule has 0 saturated carbocycles. The van der Waals surface area contributed by atoms with Crippen LogP contribution in [0.25, 0.3) is 21.3 Å². The lowest BCUT2D eigenvalue weighted by atomic mass is 10.1. The van der Waals surface area contributed by atoms with Gasteiger partial charge in [0.05, 0.1) is 11.7 Å². The van der Waals surface area contributed by atoms with E-state index < -0.39 is 0 Å². The summed E-state index contributed by atoms with van der Waals surface area (Å²) in [5.74, 6) is -0.176. The molecule has 3 rings (SSSR count). The minimum Gasteiger partial charge on any atom is -0.352 e. The Morgan fingerprint density at radius 1 is 1.32 bits per heavy atom. The average molecular weight is 355 g/mol. The molecule has 6 heteroatoms. The zero-order valence-corrected chi connectivity index (χ0v) is 15.4. The first-order valence-corrected chi connectivity index (χ1v) is 9.20. The molecule has 130 valence electrons. The Labute approximate surface area is 150 Å². The van der Waals surface area contributed by atoms with Crippen LogP contribution in [0.15, 0.2) is 40.8 Å². The molecular weight excluding hydrogens is 334 g/mol. The summed E-state index contributed by atoms with van der Waals surface area (Å²) in [5, 5.41) is 5.40. The third-order valence-corrected chi connectivity index (χ3v) is 5.14. The summed E-state index contributed by atoms with van der Waals surface area (Å²) in [5.41, 5.74) is 2.84. The van der Waals surface area contributed by atoms with Gasteiger partial charge in [-0.15, -0.1) is 11.3 Å². The molecule has 0 spiro atoms. The lowest BCUT2D eigenvalue weighted by Gasteiger charge is -2.12. The number of aryl methyl sites for hydroxylation is 1. The highest BCUT2D eigenvalue weighted by Crippen LogP contribution is 2.30. The summed E-state index contributed by atoms with van der Waals surface area (Å²) < 4.78 is 1.38. The number of thiophene rings is 1. The summed E-state index contributed by atoms with van der Waals surface area (Å²) in [6, 6.07) is 8.14. The predicted octanol–water partition coefficient (Wildman–Crippen LogP) is 3.35. The lowest BCUT2D eigenvalue weighted by molar-refractivity contribution is -0.122. The van der Waals surface area contributed by atoms with Crippen LogP contribution in [0.3, 0.4) is 0 Å². The van der Waals surface area contributed by atoms with Gasteiger partial charge in [-0.1, -0.05) is 36.8 Å². The normalized spacial score (nSPS) is 12.3. The highest BCUT2D eigenvalue weighted by molar-refractivity contribution is 7.17.